The molecule has 2 aromatic heterocycles. The van der Waals surface area contributed by atoms with Gasteiger partial charge in [0.2, 0.25) is 0 Å². The molecule has 3 aromatic rings. The molecule has 7 heteroatoms. The van der Waals surface area contributed by atoms with E-state index in [1.807, 2.05) is 34.4 Å². The van der Waals surface area contributed by atoms with Crippen molar-refractivity contribution in [3.8, 4) is 5.00 Å². The number of methoxy groups -OCH3 is 1. The number of nitrogens with zero attached hydrogens (tertiary/aromatic N) is 2. The quantitative estimate of drug-likeness (QED) is 0.485. The van der Waals surface area contributed by atoms with Crippen LogP contribution in [0.15, 0.2) is 42.6 Å². The van der Waals surface area contributed by atoms with Crippen molar-refractivity contribution in [1.29, 1.82) is 0 Å². The maximum atomic E-state index is 13.5. The van der Waals surface area contributed by atoms with Crippen molar-refractivity contribution in [3.63, 3.8) is 0 Å². The minimum atomic E-state index is -0.218. The van der Waals surface area contributed by atoms with Crippen LogP contribution in [-0.2, 0) is 24.1 Å². The van der Waals surface area contributed by atoms with Gasteiger partial charge in [-0.05, 0) is 67.5 Å². The van der Waals surface area contributed by atoms with E-state index < -0.39 is 0 Å². The molecule has 1 N–H and O–H groups in total. The predicted molar refractivity (Wildman–Crippen MR) is 129 cm³/mol. The zero-order chi connectivity index (χ0) is 22.1. The summed E-state index contributed by atoms with van der Waals surface area (Å²) in [5, 5.41) is 5.06. The number of aryl methyl sites for hydroxylation is 1. The van der Waals surface area contributed by atoms with Crippen LogP contribution in [0.1, 0.15) is 52.6 Å². The SMILES string of the molecule is COCCCNC(=O)N1Cc2c(sc3c2CCCC3)-n2cccc2C1c1cccc(Cl)c1. The molecule has 168 valence electrons. The fourth-order valence-corrected chi connectivity index (χ4v) is 6.53. The van der Waals surface area contributed by atoms with Gasteiger partial charge in [-0.15, -0.1) is 11.3 Å². The van der Waals surface area contributed by atoms with Crippen molar-refractivity contribution in [2.24, 2.45) is 0 Å². The van der Waals surface area contributed by atoms with E-state index >= 15 is 0 Å². The maximum absolute atomic E-state index is 13.5. The van der Waals surface area contributed by atoms with Gasteiger partial charge in [0, 0.05) is 41.9 Å². The summed E-state index contributed by atoms with van der Waals surface area (Å²) in [7, 11) is 1.68. The van der Waals surface area contributed by atoms with Crippen molar-refractivity contribution >= 4 is 29.0 Å². The van der Waals surface area contributed by atoms with Gasteiger partial charge in [0.05, 0.1) is 18.3 Å². The van der Waals surface area contributed by atoms with Gasteiger partial charge in [0.15, 0.2) is 0 Å². The summed E-state index contributed by atoms with van der Waals surface area (Å²) in [6, 6.07) is 11.8. The van der Waals surface area contributed by atoms with E-state index in [2.05, 4.69) is 34.3 Å². The van der Waals surface area contributed by atoms with Gasteiger partial charge in [-0.3, -0.25) is 0 Å². The molecule has 0 spiro atoms. The molecule has 1 atom stereocenters. The second-order valence-electron chi connectivity index (χ2n) is 8.46. The smallest absolute Gasteiger partial charge is 0.318 e. The van der Waals surface area contributed by atoms with Crippen LogP contribution in [0, 0.1) is 0 Å². The van der Waals surface area contributed by atoms with Gasteiger partial charge < -0.3 is 19.5 Å². The number of ether oxygens (including phenoxy) is 1. The maximum Gasteiger partial charge on any atom is 0.318 e. The predicted octanol–water partition coefficient (Wildman–Crippen LogP) is 5.72. The van der Waals surface area contributed by atoms with Crippen LogP contribution in [0.25, 0.3) is 5.00 Å². The van der Waals surface area contributed by atoms with Crippen LogP contribution >= 0.6 is 22.9 Å². The topological polar surface area (TPSA) is 46.5 Å². The number of carbonyl (C=O) groups excluding carboxylic acids is 1. The molecule has 2 amide bonds. The van der Waals surface area contributed by atoms with Crippen LogP contribution in [-0.4, -0.2) is 35.8 Å². The number of halogens is 1. The Morgan fingerprint density at radius 3 is 2.94 bits per heavy atom. The number of urea groups is 1. The van der Waals surface area contributed by atoms with Crippen LogP contribution in [0.4, 0.5) is 4.79 Å². The largest absolute Gasteiger partial charge is 0.385 e. The molecule has 1 unspecified atom stereocenters. The Bertz CT molecular complexity index is 1120. The van der Waals surface area contributed by atoms with E-state index in [-0.39, 0.29) is 12.1 Å². The van der Waals surface area contributed by atoms with Gasteiger partial charge in [0.1, 0.15) is 5.00 Å². The molecular weight excluding hydrogens is 442 g/mol. The summed E-state index contributed by atoms with van der Waals surface area (Å²) >= 11 is 8.28. The second kappa shape index (κ2) is 9.30. The van der Waals surface area contributed by atoms with E-state index in [1.54, 1.807) is 7.11 Å². The third-order valence-electron chi connectivity index (χ3n) is 6.41. The third-order valence-corrected chi connectivity index (χ3v) is 7.97. The summed E-state index contributed by atoms with van der Waals surface area (Å²) in [4.78, 5) is 17.0. The Morgan fingerprint density at radius 2 is 2.09 bits per heavy atom. The van der Waals surface area contributed by atoms with E-state index in [4.69, 9.17) is 16.3 Å². The van der Waals surface area contributed by atoms with Crippen molar-refractivity contribution in [1.82, 2.24) is 14.8 Å². The number of fused-ring (bicyclic) bond motifs is 5. The van der Waals surface area contributed by atoms with Crippen molar-refractivity contribution in [2.45, 2.75) is 44.7 Å². The molecule has 5 rings (SSSR count). The number of benzene rings is 1. The van der Waals surface area contributed by atoms with E-state index in [9.17, 15) is 4.79 Å². The first-order chi connectivity index (χ1) is 15.7. The van der Waals surface area contributed by atoms with Gasteiger partial charge in [-0.1, -0.05) is 23.7 Å². The zero-order valence-corrected chi connectivity index (χ0v) is 19.8. The number of amides is 2. The van der Waals surface area contributed by atoms with Gasteiger partial charge in [0.25, 0.3) is 0 Å². The lowest BCUT2D eigenvalue weighted by Crippen LogP contribution is -2.42. The van der Waals surface area contributed by atoms with Crippen molar-refractivity contribution in [3.05, 3.63) is 74.9 Å². The molecule has 3 heterocycles. The highest BCUT2D eigenvalue weighted by molar-refractivity contribution is 7.15. The third kappa shape index (κ3) is 3.96. The first-order valence-electron chi connectivity index (χ1n) is 11.3. The summed E-state index contributed by atoms with van der Waals surface area (Å²) in [6.45, 7) is 1.81. The molecule has 1 aliphatic heterocycles. The number of carbonyl (C=O) groups is 1. The molecule has 5 nitrogen and oxygen atoms in total. The number of aromatic nitrogens is 1. The zero-order valence-electron chi connectivity index (χ0n) is 18.3. The number of hydrogen-bond donors (Lipinski definition) is 1. The van der Waals surface area contributed by atoms with Crippen LogP contribution in [0.2, 0.25) is 5.02 Å². The monoisotopic (exact) mass is 469 g/mol. The minimum Gasteiger partial charge on any atom is -0.385 e. The highest BCUT2D eigenvalue weighted by Gasteiger charge is 2.36. The van der Waals surface area contributed by atoms with Gasteiger partial charge in [-0.25, -0.2) is 4.79 Å². The van der Waals surface area contributed by atoms with E-state index in [0.29, 0.717) is 24.7 Å². The number of thiophene rings is 1. The molecule has 2 aliphatic rings. The fraction of sp³-hybridized carbons (Fsp3) is 0.400. The number of nitrogens with one attached hydrogen (secondary N) is 1. The Hall–Kier alpha value is -2.28. The highest BCUT2D eigenvalue weighted by Crippen LogP contribution is 2.44. The molecule has 32 heavy (non-hydrogen) atoms. The Labute approximate surface area is 197 Å². The average Bonchev–Trinajstić information content (AvgIpc) is 3.38. The summed E-state index contributed by atoms with van der Waals surface area (Å²) < 4.78 is 7.44. The molecular formula is C25H28ClN3O2S. The van der Waals surface area contributed by atoms with Gasteiger partial charge in [-0.2, -0.15) is 0 Å². The summed E-state index contributed by atoms with van der Waals surface area (Å²) in [5.41, 5.74) is 4.88. The molecule has 0 bridgehead atoms. The standard InChI is InChI=1S/C25H28ClN3O2S/c1-31-14-6-12-27-25(30)29-16-20-19-9-2-3-11-22(19)32-24(20)28-13-5-10-21(28)23(29)17-7-4-8-18(26)15-17/h4-5,7-8,10,13,15,23H,2-3,6,9,11-12,14,16H2,1H3,(H,27,30). The first kappa shape index (κ1) is 21.6. The Kier molecular flexibility index (Phi) is 6.26. The molecule has 1 aliphatic carbocycles. The molecule has 0 saturated carbocycles. The first-order valence-corrected chi connectivity index (χ1v) is 12.5. The van der Waals surface area contributed by atoms with Crippen LogP contribution < -0.4 is 5.32 Å². The van der Waals surface area contributed by atoms with Crippen molar-refractivity contribution < 1.29 is 9.53 Å². The van der Waals surface area contributed by atoms with Crippen LogP contribution in [0.5, 0.6) is 0 Å². The Balaban J connectivity index is 1.60. The summed E-state index contributed by atoms with van der Waals surface area (Å²) in [6.07, 6.45) is 7.63. The second-order valence-corrected chi connectivity index (χ2v) is 9.98. The normalized spacial score (nSPS) is 17.3. The average molecular weight is 470 g/mol. The molecule has 0 fully saturated rings. The number of hydrogen-bond acceptors (Lipinski definition) is 3. The molecule has 1 aromatic carbocycles. The lowest BCUT2D eigenvalue weighted by Gasteiger charge is -2.31. The Morgan fingerprint density at radius 1 is 1.22 bits per heavy atom. The van der Waals surface area contributed by atoms with E-state index in [1.165, 1.54) is 33.8 Å². The van der Waals surface area contributed by atoms with E-state index in [0.717, 1.165) is 30.5 Å². The highest BCUT2D eigenvalue weighted by atomic mass is 35.5. The lowest BCUT2D eigenvalue weighted by atomic mass is 9.95. The van der Waals surface area contributed by atoms with Crippen LogP contribution in [0.3, 0.4) is 0 Å². The fourth-order valence-electron chi connectivity index (χ4n) is 4.93. The van der Waals surface area contributed by atoms with Crippen molar-refractivity contribution in [2.75, 3.05) is 20.3 Å². The lowest BCUT2D eigenvalue weighted by molar-refractivity contribution is 0.174. The molecule has 0 radical (unpaired) electrons. The number of rotatable bonds is 5. The van der Waals surface area contributed by atoms with Gasteiger partial charge >= 0.3 is 6.03 Å². The molecule has 0 saturated heterocycles. The minimum absolute atomic E-state index is 0.0533. The summed E-state index contributed by atoms with van der Waals surface area (Å²) in [5.74, 6) is 0.